The molecule has 0 aliphatic carbocycles. The number of amides is 2. The molecule has 1 atom stereocenters. The molecule has 8 heteroatoms. The summed E-state index contributed by atoms with van der Waals surface area (Å²) in [5, 5.41) is 2.72. The van der Waals surface area contributed by atoms with Crippen LogP contribution in [0, 0.1) is 0 Å². The standard InChI is InChI=1S/C13H18BrN3O3.ClH/c1-17(13(19)10(15)8-20-2)7-12(18)16-11-6-4-3-5-9(11)14;/h3-6,10H,7-8,15H2,1-2H3,(H,16,18);1H. The average Bonchev–Trinajstić information content (AvgIpc) is 2.40. The number of halogens is 2. The molecule has 0 aliphatic rings. The van der Waals surface area contributed by atoms with Gasteiger partial charge in [0.1, 0.15) is 6.04 Å². The second-order valence-electron chi connectivity index (χ2n) is 4.28. The molecule has 6 nitrogen and oxygen atoms in total. The molecule has 0 aliphatic heterocycles. The quantitative estimate of drug-likeness (QED) is 0.778. The van der Waals surface area contributed by atoms with E-state index < -0.39 is 6.04 Å². The highest BCUT2D eigenvalue weighted by Gasteiger charge is 2.20. The number of nitrogens with two attached hydrogens (primary N) is 1. The van der Waals surface area contributed by atoms with Crippen LogP contribution in [0.1, 0.15) is 0 Å². The van der Waals surface area contributed by atoms with Crippen LogP contribution in [0.5, 0.6) is 0 Å². The van der Waals surface area contributed by atoms with Crippen molar-refractivity contribution < 1.29 is 14.3 Å². The van der Waals surface area contributed by atoms with Gasteiger partial charge in [-0.1, -0.05) is 12.1 Å². The van der Waals surface area contributed by atoms with Crippen LogP contribution in [0.3, 0.4) is 0 Å². The molecule has 0 fully saturated rings. The molecule has 0 heterocycles. The van der Waals surface area contributed by atoms with Crippen LogP contribution < -0.4 is 11.1 Å². The van der Waals surface area contributed by atoms with Gasteiger partial charge in [-0.05, 0) is 28.1 Å². The molecule has 21 heavy (non-hydrogen) atoms. The first-order valence-electron chi connectivity index (χ1n) is 5.99. The third-order valence-corrected chi connectivity index (χ3v) is 3.26. The first-order chi connectivity index (χ1) is 9.45. The Labute approximate surface area is 138 Å². The lowest BCUT2D eigenvalue weighted by Crippen LogP contribution is -2.46. The van der Waals surface area contributed by atoms with E-state index in [1.807, 2.05) is 18.2 Å². The number of para-hydroxylation sites is 1. The van der Waals surface area contributed by atoms with Crippen LogP contribution in [0.15, 0.2) is 28.7 Å². The zero-order valence-electron chi connectivity index (χ0n) is 11.8. The summed E-state index contributed by atoms with van der Waals surface area (Å²) in [7, 11) is 2.99. The SMILES string of the molecule is COCC(N)C(=O)N(C)CC(=O)Nc1ccccc1Br.Cl. The molecule has 0 aromatic heterocycles. The predicted molar refractivity (Wildman–Crippen MR) is 87.5 cm³/mol. The number of benzene rings is 1. The molecular formula is C13H19BrClN3O3. The highest BCUT2D eigenvalue weighted by molar-refractivity contribution is 9.10. The lowest BCUT2D eigenvalue weighted by molar-refractivity contribution is -0.135. The second kappa shape index (κ2) is 9.73. The van der Waals surface area contributed by atoms with Crippen LogP contribution in [0.2, 0.25) is 0 Å². The smallest absolute Gasteiger partial charge is 0.244 e. The molecule has 3 N–H and O–H groups in total. The number of hydrogen-bond acceptors (Lipinski definition) is 4. The highest BCUT2D eigenvalue weighted by Crippen LogP contribution is 2.20. The summed E-state index contributed by atoms with van der Waals surface area (Å²) in [6, 6.07) is 6.48. The monoisotopic (exact) mass is 379 g/mol. The topological polar surface area (TPSA) is 84.7 Å². The van der Waals surface area contributed by atoms with E-state index >= 15 is 0 Å². The Morgan fingerprint density at radius 2 is 2.05 bits per heavy atom. The van der Waals surface area contributed by atoms with E-state index in [-0.39, 0.29) is 37.4 Å². The minimum atomic E-state index is -0.763. The van der Waals surface area contributed by atoms with Crippen LogP contribution in [0.4, 0.5) is 5.69 Å². The second-order valence-corrected chi connectivity index (χ2v) is 5.14. The van der Waals surface area contributed by atoms with Gasteiger partial charge in [-0.2, -0.15) is 0 Å². The number of methoxy groups -OCH3 is 1. The van der Waals surface area contributed by atoms with Gasteiger partial charge < -0.3 is 20.7 Å². The van der Waals surface area contributed by atoms with Gasteiger partial charge in [-0.25, -0.2) is 0 Å². The van der Waals surface area contributed by atoms with E-state index in [0.29, 0.717) is 5.69 Å². The number of nitrogens with zero attached hydrogens (tertiary/aromatic N) is 1. The van der Waals surface area contributed by atoms with E-state index in [9.17, 15) is 9.59 Å². The molecule has 1 aromatic carbocycles. The molecule has 1 unspecified atom stereocenters. The largest absolute Gasteiger partial charge is 0.383 e. The molecule has 2 amide bonds. The fraction of sp³-hybridized carbons (Fsp3) is 0.385. The third kappa shape index (κ3) is 6.43. The van der Waals surface area contributed by atoms with Crippen molar-refractivity contribution in [3.05, 3.63) is 28.7 Å². The Bertz CT molecular complexity index is 487. The number of likely N-dealkylation sites (N-methyl/N-ethyl adjacent to an activating group) is 1. The van der Waals surface area contributed by atoms with Gasteiger partial charge in [-0.15, -0.1) is 12.4 Å². The summed E-state index contributed by atoms with van der Waals surface area (Å²) >= 11 is 3.33. The van der Waals surface area contributed by atoms with Gasteiger partial charge in [0.05, 0.1) is 18.8 Å². The number of anilines is 1. The summed E-state index contributed by atoms with van der Waals surface area (Å²) in [6.45, 7) is 0.0482. The van der Waals surface area contributed by atoms with E-state index in [2.05, 4.69) is 21.2 Å². The molecule has 118 valence electrons. The molecule has 0 radical (unpaired) electrons. The van der Waals surface area contributed by atoms with Crippen molar-refractivity contribution in [3.63, 3.8) is 0 Å². The first-order valence-corrected chi connectivity index (χ1v) is 6.79. The van der Waals surface area contributed by atoms with Gasteiger partial charge in [0.25, 0.3) is 0 Å². The molecular weight excluding hydrogens is 362 g/mol. The average molecular weight is 381 g/mol. The number of carbonyl (C=O) groups excluding carboxylic acids is 2. The van der Waals surface area contributed by atoms with Gasteiger partial charge in [-0.3, -0.25) is 9.59 Å². The van der Waals surface area contributed by atoms with Crippen molar-refractivity contribution in [2.75, 3.05) is 32.6 Å². The highest BCUT2D eigenvalue weighted by atomic mass is 79.9. The number of hydrogen-bond donors (Lipinski definition) is 2. The van der Waals surface area contributed by atoms with Crippen molar-refractivity contribution >= 4 is 45.8 Å². The fourth-order valence-electron chi connectivity index (χ4n) is 1.58. The van der Waals surface area contributed by atoms with E-state index in [1.165, 1.54) is 19.1 Å². The fourth-order valence-corrected chi connectivity index (χ4v) is 1.96. The Morgan fingerprint density at radius 1 is 1.43 bits per heavy atom. The Kier molecular flexibility index (Phi) is 9.19. The molecule has 0 spiro atoms. The maximum absolute atomic E-state index is 11.9. The summed E-state index contributed by atoms with van der Waals surface area (Å²) in [5.41, 5.74) is 6.28. The maximum Gasteiger partial charge on any atom is 0.244 e. The van der Waals surface area contributed by atoms with Crippen LogP contribution >= 0.6 is 28.3 Å². The zero-order chi connectivity index (χ0) is 15.1. The normalized spacial score (nSPS) is 11.2. The minimum Gasteiger partial charge on any atom is -0.383 e. The van der Waals surface area contributed by atoms with Crippen molar-refractivity contribution in [2.45, 2.75) is 6.04 Å². The van der Waals surface area contributed by atoms with Crippen molar-refractivity contribution in [2.24, 2.45) is 5.73 Å². The van der Waals surface area contributed by atoms with Gasteiger partial charge in [0, 0.05) is 18.6 Å². The van der Waals surface area contributed by atoms with E-state index in [0.717, 1.165) is 4.47 Å². The van der Waals surface area contributed by atoms with E-state index in [4.69, 9.17) is 10.5 Å². The molecule has 1 rings (SSSR count). The minimum absolute atomic E-state index is 0. The first kappa shape index (κ1) is 19.9. The summed E-state index contributed by atoms with van der Waals surface area (Å²) in [4.78, 5) is 25.0. The number of carbonyl (C=O) groups is 2. The molecule has 0 saturated heterocycles. The zero-order valence-corrected chi connectivity index (χ0v) is 14.2. The van der Waals surface area contributed by atoms with Gasteiger partial charge in [0.2, 0.25) is 11.8 Å². The Morgan fingerprint density at radius 3 is 2.62 bits per heavy atom. The molecule has 0 saturated carbocycles. The molecule has 1 aromatic rings. The van der Waals surface area contributed by atoms with Crippen molar-refractivity contribution in [3.8, 4) is 0 Å². The number of rotatable bonds is 6. The predicted octanol–water partition coefficient (Wildman–Crippen LogP) is 1.24. The lowest BCUT2D eigenvalue weighted by atomic mass is 10.3. The van der Waals surface area contributed by atoms with Crippen LogP contribution in [0.25, 0.3) is 0 Å². The lowest BCUT2D eigenvalue weighted by Gasteiger charge is -2.20. The summed E-state index contributed by atoms with van der Waals surface area (Å²) < 4.78 is 5.59. The number of ether oxygens (including phenoxy) is 1. The third-order valence-electron chi connectivity index (χ3n) is 2.57. The maximum atomic E-state index is 11.9. The van der Waals surface area contributed by atoms with Crippen molar-refractivity contribution in [1.29, 1.82) is 0 Å². The van der Waals surface area contributed by atoms with Gasteiger partial charge in [0.15, 0.2) is 0 Å². The molecule has 0 bridgehead atoms. The number of nitrogens with one attached hydrogen (secondary N) is 1. The van der Waals surface area contributed by atoms with Crippen LogP contribution in [-0.4, -0.2) is 50.1 Å². The Balaban J connectivity index is 0.00000400. The van der Waals surface area contributed by atoms with Gasteiger partial charge >= 0.3 is 0 Å². The summed E-state index contributed by atoms with van der Waals surface area (Å²) in [5.74, 6) is -0.633. The van der Waals surface area contributed by atoms with Crippen LogP contribution in [-0.2, 0) is 14.3 Å². The Hall–Kier alpha value is -1.15. The van der Waals surface area contributed by atoms with E-state index in [1.54, 1.807) is 6.07 Å². The summed E-state index contributed by atoms with van der Waals surface area (Å²) in [6.07, 6.45) is 0. The van der Waals surface area contributed by atoms with Crippen molar-refractivity contribution in [1.82, 2.24) is 4.90 Å².